The SMILES string of the molecule is O=c1cc(Cl)c2cc(Br)c(Cl)c(Cl)c2[nH]1. The van der Waals surface area contributed by atoms with Crippen LogP contribution in [0.5, 0.6) is 0 Å². The van der Waals surface area contributed by atoms with Crippen molar-refractivity contribution in [1.82, 2.24) is 4.98 Å². The number of benzene rings is 1. The number of fused-ring (bicyclic) bond motifs is 1. The Kier molecular flexibility index (Phi) is 2.99. The maximum Gasteiger partial charge on any atom is 0.249 e. The van der Waals surface area contributed by atoms with E-state index in [4.69, 9.17) is 34.8 Å². The van der Waals surface area contributed by atoms with Crippen LogP contribution in [0.25, 0.3) is 10.9 Å². The molecule has 0 spiro atoms. The van der Waals surface area contributed by atoms with E-state index in [0.717, 1.165) is 0 Å². The van der Waals surface area contributed by atoms with Gasteiger partial charge in [-0.25, -0.2) is 0 Å². The van der Waals surface area contributed by atoms with Gasteiger partial charge in [-0.2, -0.15) is 0 Å². The number of pyridine rings is 1. The van der Waals surface area contributed by atoms with Gasteiger partial charge >= 0.3 is 0 Å². The molecule has 0 radical (unpaired) electrons. The van der Waals surface area contributed by atoms with Crippen LogP contribution >= 0.6 is 50.7 Å². The van der Waals surface area contributed by atoms with Crippen molar-refractivity contribution in [1.29, 1.82) is 0 Å². The van der Waals surface area contributed by atoms with Crippen LogP contribution in [-0.2, 0) is 0 Å². The topological polar surface area (TPSA) is 32.9 Å². The monoisotopic (exact) mass is 325 g/mol. The van der Waals surface area contributed by atoms with E-state index in [1.165, 1.54) is 6.07 Å². The minimum absolute atomic E-state index is 0.278. The van der Waals surface area contributed by atoms with E-state index in [1.54, 1.807) is 6.07 Å². The summed E-state index contributed by atoms with van der Waals surface area (Å²) in [6.45, 7) is 0. The first-order valence-electron chi connectivity index (χ1n) is 3.86. The first-order chi connectivity index (χ1) is 7.00. The number of rotatable bonds is 0. The van der Waals surface area contributed by atoms with Crippen LogP contribution in [0.2, 0.25) is 15.1 Å². The van der Waals surface area contributed by atoms with E-state index < -0.39 is 0 Å². The molecule has 1 heterocycles. The summed E-state index contributed by atoms with van der Waals surface area (Å²) in [7, 11) is 0. The molecule has 0 unspecified atom stereocenters. The average Bonchev–Trinajstić information content (AvgIpc) is 2.17. The maximum absolute atomic E-state index is 11.2. The molecular formula is C9H3BrCl3NO. The third-order valence-corrected chi connectivity index (χ3v) is 3.96. The number of halogens is 4. The molecular weight excluding hydrogens is 324 g/mol. The van der Waals surface area contributed by atoms with Crippen molar-refractivity contribution in [3.05, 3.63) is 42.0 Å². The van der Waals surface area contributed by atoms with Crippen LogP contribution in [0.4, 0.5) is 0 Å². The van der Waals surface area contributed by atoms with E-state index >= 15 is 0 Å². The molecule has 0 saturated carbocycles. The summed E-state index contributed by atoms with van der Waals surface area (Å²) in [5.41, 5.74) is 0.134. The van der Waals surface area contributed by atoms with Gasteiger partial charge in [-0.15, -0.1) is 0 Å². The van der Waals surface area contributed by atoms with Gasteiger partial charge in [-0.3, -0.25) is 4.79 Å². The molecule has 78 valence electrons. The molecule has 0 aliphatic rings. The van der Waals surface area contributed by atoms with Gasteiger partial charge in [-0.05, 0) is 22.0 Å². The lowest BCUT2D eigenvalue weighted by molar-refractivity contribution is 1.31. The van der Waals surface area contributed by atoms with E-state index in [0.29, 0.717) is 25.4 Å². The smallest absolute Gasteiger partial charge is 0.249 e. The predicted octanol–water partition coefficient (Wildman–Crippen LogP) is 4.25. The molecule has 2 aromatic rings. The summed E-state index contributed by atoms with van der Waals surface area (Å²) in [5, 5.41) is 1.62. The van der Waals surface area contributed by atoms with Crippen molar-refractivity contribution in [2.75, 3.05) is 0 Å². The Bertz CT molecular complexity index is 608. The lowest BCUT2D eigenvalue weighted by Crippen LogP contribution is -2.04. The first kappa shape index (κ1) is 11.3. The zero-order valence-electron chi connectivity index (χ0n) is 7.07. The minimum Gasteiger partial charge on any atom is -0.321 e. The molecule has 1 N–H and O–H groups in total. The average molecular weight is 327 g/mol. The summed E-state index contributed by atoms with van der Waals surface area (Å²) < 4.78 is 0.635. The minimum atomic E-state index is -0.312. The van der Waals surface area contributed by atoms with Crippen molar-refractivity contribution in [3.8, 4) is 0 Å². The Morgan fingerprint density at radius 2 is 1.80 bits per heavy atom. The second-order valence-electron chi connectivity index (χ2n) is 2.89. The van der Waals surface area contributed by atoms with Gasteiger partial charge < -0.3 is 4.98 Å². The molecule has 0 atom stereocenters. The van der Waals surface area contributed by atoms with E-state index in [9.17, 15) is 4.79 Å². The van der Waals surface area contributed by atoms with Crippen LogP contribution in [0.1, 0.15) is 0 Å². The van der Waals surface area contributed by atoms with Gasteiger partial charge in [0.05, 0.1) is 20.6 Å². The highest BCUT2D eigenvalue weighted by Gasteiger charge is 2.11. The van der Waals surface area contributed by atoms with Gasteiger partial charge in [0.1, 0.15) is 0 Å². The van der Waals surface area contributed by atoms with Crippen LogP contribution in [0.3, 0.4) is 0 Å². The van der Waals surface area contributed by atoms with Crippen LogP contribution in [0, 0.1) is 0 Å². The van der Waals surface area contributed by atoms with Crippen molar-refractivity contribution < 1.29 is 0 Å². The molecule has 2 nitrogen and oxygen atoms in total. The molecule has 6 heteroatoms. The van der Waals surface area contributed by atoms with Crippen molar-refractivity contribution in [3.63, 3.8) is 0 Å². The molecule has 2 rings (SSSR count). The molecule has 0 fully saturated rings. The van der Waals surface area contributed by atoms with Crippen LogP contribution in [0.15, 0.2) is 21.4 Å². The standard InChI is InChI=1S/C9H3BrCl3NO/c10-4-1-3-5(11)2-6(15)14-9(3)8(13)7(4)12/h1-2H,(H,14,15). The molecule has 0 bridgehead atoms. The molecule has 0 saturated heterocycles. The number of H-pyrrole nitrogens is 1. The van der Waals surface area contributed by atoms with E-state index in [-0.39, 0.29) is 10.6 Å². The van der Waals surface area contributed by atoms with Gasteiger partial charge in [-0.1, -0.05) is 34.8 Å². The zero-order valence-corrected chi connectivity index (χ0v) is 10.9. The Morgan fingerprint density at radius 3 is 2.47 bits per heavy atom. The molecule has 0 aliphatic heterocycles. The Hall–Kier alpha value is -0.220. The summed E-state index contributed by atoms with van der Waals surface area (Å²) in [6, 6.07) is 3.00. The summed E-state index contributed by atoms with van der Waals surface area (Å²) in [5.74, 6) is 0. The van der Waals surface area contributed by atoms with Crippen LogP contribution < -0.4 is 5.56 Å². The maximum atomic E-state index is 11.2. The lowest BCUT2D eigenvalue weighted by Gasteiger charge is -2.05. The Balaban J connectivity index is 3.05. The lowest BCUT2D eigenvalue weighted by atomic mass is 10.2. The third-order valence-electron chi connectivity index (χ3n) is 1.93. The normalized spacial score (nSPS) is 10.9. The number of aromatic amines is 1. The zero-order chi connectivity index (χ0) is 11.2. The second kappa shape index (κ2) is 3.98. The highest BCUT2D eigenvalue weighted by atomic mass is 79.9. The van der Waals surface area contributed by atoms with Gasteiger partial charge in [0.2, 0.25) is 5.56 Å². The Labute approximate surface area is 108 Å². The fraction of sp³-hybridized carbons (Fsp3) is 0. The molecule has 0 aliphatic carbocycles. The molecule has 1 aromatic carbocycles. The first-order valence-corrected chi connectivity index (χ1v) is 5.79. The van der Waals surface area contributed by atoms with Crippen molar-refractivity contribution >= 4 is 61.6 Å². The number of nitrogens with one attached hydrogen (secondary N) is 1. The number of aromatic nitrogens is 1. The largest absolute Gasteiger partial charge is 0.321 e. The van der Waals surface area contributed by atoms with Crippen molar-refractivity contribution in [2.45, 2.75) is 0 Å². The highest BCUT2D eigenvalue weighted by Crippen LogP contribution is 2.37. The summed E-state index contributed by atoms with van der Waals surface area (Å²) in [4.78, 5) is 13.8. The van der Waals surface area contributed by atoms with Gasteiger partial charge in [0.15, 0.2) is 0 Å². The van der Waals surface area contributed by atoms with Gasteiger partial charge in [0.25, 0.3) is 0 Å². The molecule has 1 aromatic heterocycles. The predicted molar refractivity (Wildman–Crippen MR) is 67.3 cm³/mol. The van der Waals surface area contributed by atoms with Crippen LogP contribution in [-0.4, -0.2) is 4.98 Å². The van der Waals surface area contributed by atoms with E-state index in [2.05, 4.69) is 20.9 Å². The third kappa shape index (κ3) is 1.89. The van der Waals surface area contributed by atoms with Crippen molar-refractivity contribution in [2.24, 2.45) is 0 Å². The molecule has 15 heavy (non-hydrogen) atoms. The van der Waals surface area contributed by atoms with Gasteiger partial charge in [0, 0.05) is 15.9 Å². The van der Waals surface area contributed by atoms with E-state index in [1.807, 2.05) is 0 Å². The number of hydrogen-bond acceptors (Lipinski definition) is 1. The highest BCUT2D eigenvalue weighted by molar-refractivity contribution is 9.10. The molecule has 0 amide bonds. The summed E-state index contributed by atoms with van der Waals surface area (Å²) in [6.07, 6.45) is 0. The Morgan fingerprint density at radius 1 is 1.13 bits per heavy atom. The second-order valence-corrected chi connectivity index (χ2v) is 4.91. The summed E-state index contributed by atoms with van der Waals surface area (Å²) >= 11 is 21.1. The quantitative estimate of drug-likeness (QED) is 0.721. The fourth-order valence-electron chi connectivity index (χ4n) is 1.26. The number of hydrogen-bond donors (Lipinski definition) is 1. The fourth-order valence-corrected chi connectivity index (χ4v) is 2.45.